The van der Waals surface area contributed by atoms with Crippen LogP contribution in [0.3, 0.4) is 0 Å². The average Bonchev–Trinajstić information content (AvgIpc) is 3.24. The lowest BCUT2D eigenvalue weighted by Crippen LogP contribution is -2.28. The Morgan fingerprint density at radius 2 is 1.94 bits per heavy atom. The summed E-state index contributed by atoms with van der Waals surface area (Å²) in [6, 6.07) is 13.6. The van der Waals surface area contributed by atoms with Gasteiger partial charge in [0.25, 0.3) is 5.91 Å². The Morgan fingerprint density at radius 1 is 1.16 bits per heavy atom. The van der Waals surface area contributed by atoms with E-state index in [2.05, 4.69) is 29.5 Å². The third kappa shape index (κ3) is 4.34. The fourth-order valence-electron chi connectivity index (χ4n) is 3.72. The highest BCUT2D eigenvalue weighted by Crippen LogP contribution is 2.35. The summed E-state index contributed by atoms with van der Waals surface area (Å²) < 4.78 is 7.64. The third-order valence-corrected chi connectivity index (χ3v) is 6.24. The Hall–Kier alpha value is -3.32. The molecule has 2 aromatic heterocycles. The van der Waals surface area contributed by atoms with Crippen LogP contribution >= 0.6 is 11.8 Å². The van der Waals surface area contributed by atoms with Crippen LogP contribution in [0, 0.1) is 13.8 Å². The van der Waals surface area contributed by atoms with E-state index in [0.717, 1.165) is 34.1 Å². The van der Waals surface area contributed by atoms with Gasteiger partial charge in [0.2, 0.25) is 0 Å². The summed E-state index contributed by atoms with van der Waals surface area (Å²) >= 11 is 1.41. The van der Waals surface area contributed by atoms with Gasteiger partial charge < -0.3 is 9.30 Å². The van der Waals surface area contributed by atoms with Gasteiger partial charge in [-0.3, -0.25) is 14.7 Å². The molecule has 3 aromatic rings. The van der Waals surface area contributed by atoms with Gasteiger partial charge in [-0.25, -0.2) is 4.99 Å². The Balaban J connectivity index is 1.65. The van der Waals surface area contributed by atoms with Gasteiger partial charge in [-0.15, -0.1) is 0 Å². The number of amidine groups is 1. The Kier molecular flexibility index (Phi) is 6.46. The van der Waals surface area contributed by atoms with E-state index in [9.17, 15) is 4.79 Å². The van der Waals surface area contributed by atoms with Crippen molar-refractivity contribution in [2.24, 2.45) is 4.99 Å². The minimum Gasteiger partial charge on any atom is -0.494 e. The molecular formula is C25H26N4O2S. The molecular weight excluding hydrogens is 420 g/mol. The molecule has 1 aliphatic heterocycles. The summed E-state index contributed by atoms with van der Waals surface area (Å²) in [6.45, 7) is 9.22. The molecule has 3 heterocycles. The normalized spacial score (nSPS) is 16.4. The van der Waals surface area contributed by atoms with Crippen molar-refractivity contribution in [2.75, 3.05) is 13.2 Å². The van der Waals surface area contributed by atoms with E-state index in [1.54, 1.807) is 11.1 Å². The predicted molar refractivity (Wildman–Crippen MR) is 131 cm³/mol. The van der Waals surface area contributed by atoms with Crippen LogP contribution in [0.5, 0.6) is 5.75 Å². The number of likely N-dealkylation sites (N-methyl/N-ethyl adjacent to an activating group) is 1. The van der Waals surface area contributed by atoms with E-state index in [0.29, 0.717) is 23.2 Å². The molecule has 0 radical (unpaired) electrons. The van der Waals surface area contributed by atoms with E-state index >= 15 is 0 Å². The molecule has 0 bridgehead atoms. The molecule has 0 N–H and O–H groups in total. The van der Waals surface area contributed by atoms with Crippen molar-refractivity contribution < 1.29 is 9.53 Å². The van der Waals surface area contributed by atoms with Crippen molar-refractivity contribution in [3.05, 3.63) is 76.7 Å². The van der Waals surface area contributed by atoms with Crippen LogP contribution in [0.4, 0.5) is 5.69 Å². The van der Waals surface area contributed by atoms with Crippen LogP contribution in [0.15, 0.2) is 64.8 Å². The third-order valence-electron chi connectivity index (χ3n) is 5.24. The molecule has 1 saturated heterocycles. The highest BCUT2D eigenvalue weighted by molar-refractivity contribution is 8.18. The SMILES string of the molecule is CCOc1ccc(N=C2S/C(=C\c3cc(C)n(-c4cccnc4)c3C)C(=O)N2CC)cc1. The maximum Gasteiger partial charge on any atom is 0.266 e. The molecule has 6 nitrogen and oxygen atoms in total. The number of pyridine rings is 1. The highest BCUT2D eigenvalue weighted by Gasteiger charge is 2.32. The molecule has 1 amide bonds. The zero-order valence-corrected chi connectivity index (χ0v) is 19.5. The lowest BCUT2D eigenvalue weighted by atomic mass is 10.2. The number of hydrogen-bond acceptors (Lipinski definition) is 5. The number of rotatable bonds is 6. The van der Waals surface area contributed by atoms with E-state index in [-0.39, 0.29) is 5.91 Å². The number of nitrogens with zero attached hydrogens (tertiary/aromatic N) is 4. The molecule has 4 rings (SSSR count). The molecule has 0 unspecified atom stereocenters. The zero-order valence-electron chi connectivity index (χ0n) is 18.7. The Morgan fingerprint density at radius 3 is 2.59 bits per heavy atom. The maximum atomic E-state index is 13.1. The maximum absolute atomic E-state index is 13.1. The van der Waals surface area contributed by atoms with E-state index in [4.69, 9.17) is 9.73 Å². The summed E-state index contributed by atoms with van der Waals surface area (Å²) in [4.78, 5) is 24.4. The van der Waals surface area contributed by atoms with Crippen LogP contribution < -0.4 is 4.74 Å². The van der Waals surface area contributed by atoms with Crippen molar-refractivity contribution in [3.63, 3.8) is 0 Å². The Labute approximate surface area is 192 Å². The van der Waals surface area contributed by atoms with Gasteiger partial charge in [0.1, 0.15) is 5.75 Å². The topological polar surface area (TPSA) is 59.7 Å². The summed E-state index contributed by atoms with van der Waals surface area (Å²) in [5.74, 6) is 0.789. The molecule has 1 fully saturated rings. The number of ether oxygens (including phenoxy) is 1. The van der Waals surface area contributed by atoms with Crippen LogP contribution in [-0.2, 0) is 4.79 Å². The minimum atomic E-state index is -0.0200. The Bertz CT molecular complexity index is 1180. The number of aromatic nitrogens is 2. The molecule has 0 spiro atoms. The number of benzene rings is 1. The van der Waals surface area contributed by atoms with E-state index in [1.807, 2.05) is 62.5 Å². The summed E-state index contributed by atoms with van der Waals surface area (Å²) in [5.41, 5.74) is 4.97. The lowest BCUT2D eigenvalue weighted by Gasteiger charge is -2.12. The number of carbonyl (C=O) groups is 1. The number of hydrogen-bond donors (Lipinski definition) is 0. The van der Waals surface area contributed by atoms with Gasteiger partial charge in [-0.05, 0) is 93.6 Å². The number of amides is 1. The first kappa shape index (κ1) is 21.9. The molecule has 164 valence electrons. The number of carbonyl (C=O) groups excluding carboxylic acids is 1. The lowest BCUT2D eigenvalue weighted by molar-refractivity contribution is -0.122. The van der Waals surface area contributed by atoms with Gasteiger partial charge in [-0.2, -0.15) is 0 Å². The highest BCUT2D eigenvalue weighted by atomic mass is 32.2. The molecule has 0 saturated carbocycles. The zero-order chi connectivity index (χ0) is 22.7. The molecule has 32 heavy (non-hydrogen) atoms. The van der Waals surface area contributed by atoms with Gasteiger partial charge in [0, 0.05) is 24.1 Å². The van der Waals surface area contributed by atoms with Crippen molar-refractivity contribution in [2.45, 2.75) is 27.7 Å². The van der Waals surface area contributed by atoms with E-state index in [1.165, 1.54) is 11.8 Å². The smallest absolute Gasteiger partial charge is 0.266 e. The second kappa shape index (κ2) is 9.44. The number of aryl methyl sites for hydroxylation is 1. The molecule has 0 atom stereocenters. The summed E-state index contributed by atoms with van der Waals surface area (Å²) in [6.07, 6.45) is 5.57. The predicted octanol–water partition coefficient (Wildman–Crippen LogP) is 5.51. The summed E-state index contributed by atoms with van der Waals surface area (Å²) in [7, 11) is 0. The standard InChI is InChI=1S/C25H26N4O2S/c1-5-28-24(30)23(32-25(28)27-20-9-11-22(12-10-20)31-6-2)15-19-14-17(3)29(18(19)4)21-8-7-13-26-16-21/h7-16H,5-6H2,1-4H3/b23-15-,27-25?. The monoisotopic (exact) mass is 446 g/mol. The van der Waals surface area contributed by atoms with Gasteiger partial charge in [0.15, 0.2) is 5.17 Å². The number of thioether (sulfide) groups is 1. The first-order valence-electron chi connectivity index (χ1n) is 10.6. The van der Waals surface area contributed by atoms with Gasteiger partial charge in [-0.1, -0.05) is 0 Å². The van der Waals surface area contributed by atoms with Gasteiger partial charge in [0.05, 0.1) is 29.1 Å². The van der Waals surface area contributed by atoms with Crippen molar-refractivity contribution in [1.29, 1.82) is 0 Å². The molecule has 1 aliphatic rings. The minimum absolute atomic E-state index is 0.0200. The van der Waals surface area contributed by atoms with Crippen LogP contribution in [0.1, 0.15) is 30.8 Å². The average molecular weight is 447 g/mol. The second-order valence-electron chi connectivity index (χ2n) is 7.35. The van der Waals surface area contributed by atoms with Crippen LogP contribution in [0.25, 0.3) is 11.8 Å². The van der Waals surface area contributed by atoms with Crippen molar-refractivity contribution in [1.82, 2.24) is 14.5 Å². The van der Waals surface area contributed by atoms with Crippen molar-refractivity contribution in [3.8, 4) is 11.4 Å². The number of aliphatic imine (C=N–C) groups is 1. The van der Waals surface area contributed by atoms with Gasteiger partial charge >= 0.3 is 0 Å². The first-order valence-corrected chi connectivity index (χ1v) is 11.5. The van der Waals surface area contributed by atoms with Crippen LogP contribution in [0.2, 0.25) is 0 Å². The van der Waals surface area contributed by atoms with Crippen molar-refractivity contribution >= 4 is 34.6 Å². The first-order chi connectivity index (χ1) is 15.5. The second-order valence-corrected chi connectivity index (χ2v) is 8.36. The largest absolute Gasteiger partial charge is 0.494 e. The molecule has 0 aliphatic carbocycles. The quantitative estimate of drug-likeness (QED) is 0.468. The summed E-state index contributed by atoms with van der Waals surface area (Å²) in [5, 5.41) is 0.689. The van der Waals surface area contributed by atoms with E-state index < -0.39 is 0 Å². The van der Waals surface area contributed by atoms with Crippen LogP contribution in [-0.4, -0.2) is 38.7 Å². The fourth-order valence-corrected chi connectivity index (χ4v) is 4.78. The molecule has 1 aromatic carbocycles. The molecule has 7 heteroatoms. The fraction of sp³-hybridized carbons (Fsp3) is 0.240.